The summed E-state index contributed by atoms with van der Waals surface area (Å²) >= 11 is 8.87. The summed E-state index contributed by atoms with van der Waals surface area (Å²) in [6.07, 6.45) is 8.51. The second-order valence-corrected chi connectivity index (χ2v) is 9.57. The van der Waals surface area contributed by atoms with Gasteiger partial charge in [-0.1, -0.05) is 55.8 Å². The number of thioether (sulfide) groups is 1. The highest BCUT2D eigenvalue weighted by molar-refractivity contribution is 9.10. The lowest BCUT2D eigenvalue weighted by molar-refractivity contribution is -0.667. The third kappa shape index (κ3) is 4.31. The largest absolute Gasteiger partial charge is 0.395 e. The van der Waals surface area contributed by atoms with Crippen LogP contribution in [0.2, 0.25) is 0 Å². The Bertz CT molecular complexity index is 1130. The summed E-state index contributed by atoms with van der Waals surface area (Å²) < 4.78 is 4.38. The SMILES string of the molecule is CC[n+]1ccc(C=CC=C2Sc3ccc(Br)cc3N2CCO)c2ccc(Br)cc21. The smallest absolute Gasteiger partial charge is 0.214 e. The molecular weight excluding hydrogens is 512 g/mol. The highest BCUT2D eigenvalue weighted by Crippen LogP contribution is 2.46. The van der Waals surface area contributed by atoms with Gasteiger partial charge in [0.15, 0.2) is 6.20 Å². The van der Waals surface area contributed by atoms with E-state index in [-0.39, 0.29) is 6.61 Å². The number of halogens is 2. The molecule has 0 bridgehead atoms. The first-order valence-corrected chi connectivity index (χ1v) is 11.9. The van der Waals surface area contributed by atoms with Gasteiger partial charge in [-0.05, 0) is 48.9 Å². The van der Waals surface area contributed by atoms with Crippen molar-refractivity contribution < 1.29 is 9.67 Å². The Labute approximate surface area is 192 Å². The maximum Gasteiger partial charge on any atom is 0.214 e. The predicted octanol–water partition coefficient (Wildman–Crippen LogP) is 6.13. The van der Waals surface area contributed by atoms with Crippen LogP contribution in [0, 0.1) is 0 Å². The van der Waals surface area contributed by atoms with E-state index in [1.165, 1.54) is 21.4 Å². The van der Waals surface area contributed by atoms with E-state index in [1.807, 2.05) is 0 Å². The Morgan fingerprint density at radius 2 is 1.90 bits per heavy atom. The van der Waals surface area contributed by atoms with Crippen molar-refractivity contribution in [2.24, 2.45) is 0 Å². The highest BCUT2D eigenvalue weighted by atomic mass is 79.9. The summed E-state index contributed by atoms with van der Waals surface area (Å²) in [4.78, 5) is 3.38. The molecule has 148 valence electrons. The number of rotatable bonds is 5. The molecule has 0 unspecified atom stereocenters. The van der Waals surface area contributed by atoms with Gasteiger partial charge in [0.25, 0.3) is 0 Å². The van der Waals surface area contributed by atoms with Gasteiger partial charge in [0.2, 0.25) is 5.52 Å². The first kappa shape index (κ1) is 20.7. The van der Waals surface area contributed by atoms with E-state index in [1.54, 1.807) is 11.8 Å². The number of allylic oxidation sites excluding steroid dienone is 2. The maximum atomic E-state index is 9.52. The van der Waals surface area contributed by atoms with Crippen LogP contribution in [-0.4, -0.2) is 18.3 Å². The molecule has 1 aliphatic heterocycles. The molecule has 3 aromatic rings. The molecule has 0 saturated carbocycles. The number of fused-ring (bicyclic) bond motifs is 2. The van der Waals surface area contributed by atoms with Gasteiger partial charge in [0.05, 0.1) is 22.7 Å². The fourth-order valence-corrected chi connectivity index (χ4v) is 5.29. The van der Waals surface area contributed by atoms with E-state index in [4.69, 9.17) is 0 Å². The second-order valence-electron chi connectivity index (χ2n) is 6.67. The minimum Gasteiger partial charge on any atom is -0.395 e. The zero-order valence-corrected chi connectivity index (χ0v) is 20.0. The minimum absolute atomic E-state index is 0.114. The van der Waals surface area contributed by atoms with Crippen LogP contribution in [0.4, 0.5) is 5.69 Å². The molecule has 0 atom stereocenters. The average molecular weight is 533 g/mol. The van der Waals surface area contributed by atoms with Crippen LogP contribution < -0.4 is 9.47 Å². The first-order chi connectivity index (χ1) is 14.1. The second kappa shape index (κ2) is 9.04. The molecule has 1 aromatic heterocycles. The molecule has 0 radical (unpaired) electrons. The van der Waals surface area contributed by atoms with Gasteiger partial charge in [-0.25, -0.2) is 0 Å². The molecule has 2 heterocycles. The molecule has 0 spiro atoms. The Kier molecular flexibility index (Phi) is 6.44. The predicted molar refractivity (Wildman–Crippen MR) is 129 cm³/mol. The summed E-state index contributed by atoms with van der Waals surface area (Å²) in [7, 11) is 0. The van der Waals surface area contributed by atoms with Crippen LogP contribution >= 0.6 is 43.6 Å². The molecular formula is C23H21Br2N2OS+. The number of hydrogen-bond acceptors (Lipinski definition) is 3. The number of benzene rings is 2. The van der Waals surface area contributed by atoms with Crippen LogP contribution in [0.1, 0.15) is 12.5 Å². The van der Waals surface area contributed by atoms with Gasteiger partial charge < -0.3 is 10.0 Å². The zero-order chi connectivity index (χ0) is 20.4. The maximum absolute atomic E-state index is 9.52. The van der Waals surface area contributed by atoms with Crippen LogP contribution in [0.15, 0.2) is 79.7 Å². The summed E-state index contributed by atoms with van der Waals surface area (Å²) in [5, 5.41) is 11.9. The van der Waals surface area contributed by atoms with E-state index in [2.05, 4.69) is 115 Å². The van der Waals surface area contributed by atoms with Crippen LogP contribution in [0.3, 0.4) is 0 Å². The van der Waals surface area contributed by atoms with E-state index in [0.29, 0.717) is 6.54 Å². The lowest BCUT2D eigenvalue weighted by Crippen LogP contribution is -2.32. The molecule has 0 saturated heterocycles. The number of pyridine rings is 1. The first-order valence-electron chi connectivity index (χ1n) is 9.46. The molecule has 0 aliphatic carbocycles. The molecule has 3 nitrogen and oxygen atoms in total. The molecule has 1 N–H and O–H groups in total. The third-order valence-electron chi connectivity index (χ3n) is 4.89. The molecule has 4 rings (SSSR count). The Morgan fingerprint density at radius 3 is 2.69 bits per heavy atom. The lowest BCUT2D eigenvalue weighted by atomic mass is 10.1. The monoisotopic (exact) mass is 531 g/mol. The summed E-state index contributed by atoms with van der Waals surface area (Å²) in [5.41, 5.74) is 3.54. The van der Waals surface area contributed by atoms with Crippen molar-refractivity contribution in [3.8, 4) is 0 Å². The normalized spacial score (nSPS) is 15.0. The van der Waals surface area contributed by atoms with Crippen LogP contribution in [-0.2, 0) is 6.54 Å². The van der Waals surface area contributed by atoms with Crippen molar-refractivity contribution in [2.45, 2.75) is 18.4 Å². The van der Waals surface area contributed by atoms with Gasteiger partial charge in [-0.2, -0.15) is 4.57 Å². The lowest BCUT2D eigenvalue weighted by Gasteiger charge is -2.18. The van der Waals surface area contributed by atoms with E-state index in [9.17, 15) is 5.11 Å². The van der Waals surface area contributed by atoms with Gasteiger partial charge in [-0.3, -0.25) is 0 Å². The minimum atomic E-state index is 0.114. The van der Waals surface area contributed by atoms with Gasteiger partial charge >= 0.3 is 0 Å². The summed E-state index contributed by atoms with van der Waals surface area (Å²) in [5.74, 6) is 0. The molecule has 0 fully saturated rings. The number of aliphatic hydroxyl groups is 1. The Hall–Kier alpha value is -1.60. The van der Waals surface area contributed by atoms with Gasteiger partial charge in [0.1, 0.15) is 6.54 Å². The highest BCUT2D eigenvalue weighted by Gasteiger charge is 2.24. The quantitative estimate of drug-likeness (QED) is 0.400. The molecule has 29 heavy (non-hydrogen) atoms. The van der Waals surface area contributed by atoms with Crippen molar-refractivity contribution in [1.29, 1.82) is 0 Å². The number of anilines is 1. The van der Waals surface area contributed by atoms with Crippen LogP contribution in [0.25, 0.3) is 17.0 Å². The number of aliphatic hydroxyl groups excluding tert-OH is 1. The number of nitrogens with zero attached hydrogens (tertiary/aromatic N) is 2. The summed E-state index contributed by atoms with van der Waals surface area (Å²) in [6.45, 7) is 3.78. The average Bonchev–Trinajstić information content (AvgIpc) is 3.05. The van der Waals surface area contributed by atoms with E-state index in [0.717, 1.165) is 26.2 Å². The third-order valence-corrected chi connectivity index (χ3v) is 7.00. The molecule has 0 amide bonds. The van der Waals surface area contributed by atoms with Gasteiger partial charge in [-0.15, -0.1) is 0 Å². The molecule has 6 heteroatoms. The van der Waals surface area contributed by atoms with Crippen molar-refractivity contribution in [1.82, 2.24) is 0 Å². The summed E-state index contributed by atoms with van der Waals surface area (Å²) in [6, 6.07) is 14.8. The number of aryl methyl sites for hydroxylation is 1. The fourth-order valence-electron chi connectivity index (χ4n) is 3.51. The number of hydrogen-bond donors (Lipinski definition) is 1. The Morgan fingerprint density at radius 1 is 1.10 bits per heavy atom. The number of β-amino-alcohol motifs (C(OH)–C–C–N with tert-alkyl or cyclic N) is 1. The molecule has 2 aromatic carbocycles. The van der Waals surface area contributed by atoms with Gasteiger partial charge in [0, 0.05) is 32.5 Å². The van der Waals surface area contributed by atoms with Crippen LogP contribution in [0.5, 0.6) is 0 Å². The zero-order valence-electron chi connectivity index (χ0n) is 16.0. The van der Waals surface area contributed by atoms with E-state index < -0.39 is 0 Å². The van der Waals surface area contributed by atoms with E-state index >= 15 is 0 Å². The van der Waals surface area contributed by atoms with Crippen molar-refractivity contribution in [3.05, 3.63) is 80.4 Å². The fraction of sp³-hybridized carbons (Fsp3) is 0.174. The number of aromatic nitrogens is 1. The van der Waals surface area contributed by atoms with Crippen molar-refractivity contribution in [2.75, 3.05) is 18.1 Å². The van der Waals surface area contributed by atoms with Crippen molar-refractivity contribution >= 4 is 66.3 Å². The molecule has 1 aliphatic rings. The topological polar surface area (TPSA) is 27.4 Å². The van der Waals surface area contributed by atoms with Crippen molar-refractivity contribution in [3.63, 3.8) is 0 Å². The standard InChI is InChI=1S/C23H21Br2N2OS/c1-2-26-11-10-16(19-8-6-17(24)14-20(19)26)4-3-5-23-27(12-13-28)21-15-18(25)7-9-22(21)29-23/h3-11,14-15,28H,2,12-13H2,1H3/q+1. The Balaban J connectivity index is 1.67.